The lowest BCUT2D eigenvalue weighted by atomic mass is 9.89. The van der Waals surface area contributed by atoms with E-state index in [1.54, 1.807) is 13.8 Å². The highest BCUT2D eigenvalue weighted by Gasteiger charge is 2.41. The number of hydrogen-bond acceptors (Lipinski definition) is 1. The second-order valence-electron chi connectivity index (χ2n) is 3.22. The van der Waals surface area contributed by atoms with Crippen LogP contribution in [0.5, 0.6) is 0 Å². The number of halogens is 2. The summed E-state index contributed by atoms with van der Waals surface area (Å²) in [5.41, 5.74) is 1.60. The third-order valence-corrected chi connectivity index (χ3v) is 2.22. The Balaban J connectivity index is 2.84. The van der Waals surface area contributed by atoms with Gasteiger partial charge in [0.25, 0.3) is 5.92 Å². The van der Waals surface area contributed by atoms with Gasteiger partial charge in [0.2, 0.25) is 0 Å². The lowest BCUT2D eigenvalue weighted by molar-refractivity contribution is -0.111. The SMILES string of the molecule is CC1=C(C)CC(F)(F)C(O)C1. The molecule has 1 rings (SSSR count). The predicted octanol–water partition coefficient (Wildman–Crippen LogP) is 2.11. The number of alkyl halides is 2. The van der Waals surface area contributed by atoms with Crippen LogP contribution in [0.3, 0.4) is 0 Å². The Morgan fingerprint density at radius 3 is 2.36 bits per heavy atom. The van der Waals surface area contributed by atoms with Gasteiger partial charge in [-0.3, -0.25) is 0 Å². The zero-order valence-corrected chi connectivity index (χ0v) is 6.69. The summed E-state index contributed by atoms with van der Waals surface area (Å²) in [7, 11) is 0. The molecule has 1 atom stereocenters. The van der Waals surface area contributed by atoms with Crippen LogP contribution < -0.4 is 0 Å². The van der Waals surface area contributed by atoms with Crippen LogP contribution in [-0.4, -0.2) is 17.1 Å². The molecule has 11 heavy (non-hydrogen) atoms. The molecule has 0 aromatic carbocycles. The van der Waals surface area contributed by atoms with E-state index in [1.807, 2.05) is 0 Å². The molecular weight excluding hydrogens is 150 g/mol. The van der Waals surface area contributed by atoms with Crippen molar-refractivity contribution in [3.63, 3.8) is 0 Å². The number of aliphatic hydroxyl groups is 1. The molecule has 0 heterocycles. The molecule has 1 aliphatic rings. The van der Waals surface area contributed by atoms with E-state index in [0.717, 1.165) is 5.57 Å². The van der Waals surface area contributed by atoms with Crippen molar-refractivity contribution in [1.29, 1.82) is 0 Å². The average molecular weight is 162 g/mol. The van der Waals surface area contributed by atoms with E-state index in [0.29, 0.717) is 5.57 Å². The first-order valence-corrected chi connectivity index (χ1v) is 3.64. The van der Waals surface area contributed by atoms with Gasteiger partial charge < -0.3 is 5.11 Å². The number of aliphatic hydroxyl groups excluding tert-OH is 1. The van der Waals surface area contributed by atoms with Crippen LogP contribution in [0.1, 0.15) is 26.7 Å². The number of rotatable bonds is 0. The number of hydrogen-bond donors (Lipinski definition) is 1. The van der Waals surface area contributed by atoms with Crippen molar-refractivity contribution in [2.45, 2.75) is 38.7 Å². The highest BCUT2D eigenvalue weighted by molar-refractivity contribution is 5.18. The van der Waals surface area contributed by atoms with Crippen molar-refractivity contribution in [2.24, 2.45) is 0 Å². The van der Waals surface area contributed by atoms with Crippen molar-refractivity contribution in [3.8, 4) is 0 Å². The third kappa shape index (κ3) is 1.59. The van der Waals surface area contributed by atoms with Crippen molar-refractivity contribution in [2.75, 3.05) is 0 Å². The summed E-state index contributed by atoms with van der Waals surface area (Å²) in [5, 5.41) is 8.94. The summed E-state index contributed by atoms with van der Waals surface area (Å²) >= 11 is 0. The topological polar surface area (TPSA) is 20.2 Å². The zero-order chi connectivity index (χ0) is 8.65. The zero-order valence-electron chi connectivity index (χ0n) is 6.69. The van der Waals surface area contributed by atoms with Crippen molar-refractivity contribution >= 4 is 0 Å². The van der Waals surface area contributed by atoms with Gasteiger partial charge in [0.15, 0.2) is 0 Å². The van der Waals surface area contributed by atoms with Gasteiger partial charge in [0.05, 0.1) is 0 Å². The molecule has 0 radical (unpaired) electrons. The molecule has 1 aliphatic carbocycles. The Morgan fingerprint density at radius 1 is 1.36 bits per heavy atom. The van der Waals surface area contributed by atoms with Crippen LogP contribution in [0.4, 0.5) is 8.78 Å². The highest BCUT2D eigenvalue weighted by atomic mass is 19.3. The second kappa shape index (κ2) is 2.55. The average Bonchev–Trinajstić information content (AvgIpc) is 1.83. The minimum atomic E-state index is -2.91. The number of allylic oxidation sites excluding steroid dienone is 1. The monoisotopic (exact) mass is 162 g/mol. The summed E-state index contributed by atoms with van der Waals surface area (Å²) in [6, 6.07) is 0. The van der Waals surface area contributed by atoms with Crippen LogP contribution in [-0.2, 0) is 0 Å². The highest BCUT2D eigenvalue weighted by Crippen LogP contribution is 2.36. The van der Waals surface area contributed by atoms with E-state index in [1.165, 1.54) is 0 Å². The summed E-state index contributed by atoms with van der Waals surface area (Å²) in [4.78, 5) is 0. The third-order valence-electron chi connectivity index (χ3n) is 2.22. The minimum Gasteiger partial charge on any atom is -0.387 e. The van der Waals surface area contributed by atoms with Gasteiger partial charge >= 0.3 is 0 Å². The van der Waals surface area contributed by atoms with E-state index in [4.69, 9.17) is 5.11 Å². The van der Waals surface area contributed by atoms with Crippen LogP contribution in [0.15, 0.2) is 11.1 Å². The first-order chi connectivity index (χ1) is 4.93. The molecule has 0 aliphatic heterocycles. The first kappa shape index (κ1) is 8.65. The van der Waals surface area contributed by atoms with E-state index >= 15 is 0 Å². The Labute approximate surface area is 64.7 Å². The predicted molar refractivity (Wildman–Crippen MR) is 38.6 cm³/mol. The van der Waals surface area contributed by atoms with Crippen molar-refractivity contribution < 1.29 is 13.9 Å². The molecule has 1 unspecified atom stereocenters. The Morgan fingerprint density at radius 2 is 1.91 bits per heavy atom. The van der Waals surface area contributed by atoms with Gasteiger partial charge in [0, 0.05) is 12.8 Å². The van der Waals surface area contributed by atoms with E-state index < -0.39 is 12.0 Å². The lowest BCUT2D eigenvalue weighted by Gasteiger charge is -2.28. The maximum atomic E-state index is 12.7. The van der Waals surface area contributed by atoms with Gasteiger partial charge in [-0.15, -0.1) is 0 Å². The molecule has 0 saturated heterocycles. The fourth-order valence-electron chi connectivity index (χ4n) is 1.24. The van der Waals surface area contributed by atoms with Crippen molar-refractivity contribution in [3.05, 3.63) is 11.1 Å². The molecule has 0 spiro atoms. The summed E-state index contributed by atoms with van der Waals surface area (Å²) < 4.78 is 25.5. The fourth-order valence-corrected chi connectivity index (χ4v) is 1.24. The quantitative estimate of drug-likeness (QED) is 0.541. The molecule has 1 N–H and O–H groups in total. The summed E-state index contributed by atoms with van der Waals surface area (Å²) in [6.45, 7) is 3.48. The molecule has 0 saturated carbocycles. The standard InChI is InChI=1S/C8H12F2O/c1-5-3-7(11)8(9,10)4-6(5)2/h7,11H,3-4H2,1-2H3. The largest absolute Gasteiger partial charge is 0.387 e. The molecule has 0 fully saturated rings. The van der Waals surface area contributed by atoms with Crippen molar-refractivity contribution in [1.82, 2.24) is 0 Å². The molecule has 0 bridgehead atoms. The Hall–Kier alpha value is -0.440. The second-order valence-corrected chi connectivity index (χ2v) is 3.22. The van der Waals surface area contributed by atoms with Gasteiger partial charge in [-0.05, 0) is 13.8 Å². The lowest BCUT2D eigenvalue weighted by Crippen LogP contribution is -2.36. The normalized spacial score (nSPS) is 30.8. The maximum absolute atomic E-state index is 12.7. The van der Waals surface area contributed by atoms with Gasteiger partial charge in [-0.2, -0.15) is 0 Å². The summed E-state index contributed by atoms with van der Waals surface area (Å²) in [5.74, 6) is -2.91. The molecule has 3 heteroatoms. The van der Waals surface area contributed by atoms with Gasteiger partial charge in [-0.25, -0.2) is 8.78 Å². The smallest absolute Gasteiger partial charge is 0.277 e. The van der Waals surface area contributed by atoms with Gasteiger partial charge in [-0.1, -0.05) is 11.1 Å². The molecular formula is C8H12F2O. The van der Waals surface area contributed by atoms with E-state index in [-0.39, 0.29) is 12.8 Å². The van der Waals surface area contributed by atoms with E-state index in [9.17, 15) is 8.78 Å². The van der Waals surface area contributed by atoms with Crippen LogP contribution in [0.25, 0.3) is 0 Å². The van der Waals surface area contributed by atoms with Crippen LogP contribution in [0.2, 0.25) is 0 Å². The Kier molecular flexibility index (Phi) is 2.01. The van der Waals surface area contributed by atoms with Crippen LogP contribution in [0, 0.1) is 0 Å². The molecule has 0 aromatic heterocycles. The fraction of sp³-hybridized carbons (Fsp3) is 0.750. The van der Waals surface area contributed by atoms with Crippen LogP contribution >= 0.6 is 0 Å². The molecule has 1 nitrogen and oxygen atoms in total. The molecule has 0 aromatic rings. The maximum Gasteiger partial charge on any atom is 0.277 e. The minimum absolute atomic E-state index is 0.110. The van der Waals surface area contributed by atoms with E-state index in [2.05, 4.69) is 0 Å². The Bertz CT molecular complexity index is 196. The summed E-state index contributed by atoms with van der Waals surface area (Å²) in [6.07, 6.45) is -1.66. The van der Waals surface area contributed by atoms with Gasteiger partial charge in [0.1, 0.15) is 6.10 Å². The molecule has 64 valence electrons. The first-order valence-electron chi connectivity index (χ1n) is 3.64. The molecule has 0 amide bonds.